The highest BCUT2D eigenvalue weighted by Crippen LogP contribution is 2.39. The number of ether oxygens (including phenoxy) is 5. The maximum atomic E-state index is 14.0. The van der Waals surface area contributed by atoms with E-state index in [9.17, 15) is 33.6 Å². The Kier molecular flexibility index (Phi) is 28.0. The Morgan fingerprint density at radius 3 is 1.32 bits per heavy atom. The van der Waals surface area contributed by atoms with Crippen molar-refractivity contribution in [1.82, 2.24) is 101 Å². The van der Waals surface area contributed by atoms with Gasteiger partial charge in [-0.3, -0.25) is 38.5 Å². The minimum atomic E-state index is -0.869. The topological polar surface area (TPSA) is 396 Å². The van der Waals surface area contributed by atoms with Crippen molar-refractivity contribution in [2.24, 2.45) is 44.6 Å². The van der Waals surface area contributed by atoms with Crippen LogP contribution in [0.1, 0.15) is 126 Å². The predicted octanol–water partition coefficient (Wildman–Crippen LogP) is 6.96. The van der Waals surface area contributed by atoms with Crippen LogP contribution in [0.15, 0.2) is 150 Å². The van der Waals surface area contributed by atoms with Gasteiger partial charge in [0, 0.05) is 115 Å². The molecule has 11 aromatic rings. The molecule has 13 unspecified atom stereocenters. The maximum Gasteiger partial charge on any atom is 0.243 e. The number of morpholine rings is 1. The lowest BCUT2D eigenvalue weighted by atomic mass is 9.94. The van der Waals surface area contributed by atoms with E-state index in [1.54, 1.807) is 63.4 Å². The summed E-state index contributed by atoms with van der Waals surface area (Å²) in [4.78, 5) is 107. The number of nitrogens with zero attached hydrogens (tertiary/aromatic N) is 15. The molecule has 678 valence electrons. The van der Waals surface area contributed by atoms with Crippen LogP contribution in [-0.2, 0) is 98.3 Å². The highest BCUT2D eigenvalue weighted by molar-refractivity contribution is 5.93. The van der Waals surface area contributed by atoms with Crippen molar-refractivity contribution in [3.05, 3.63) is 202 Å². The number of aromatic nitrogens is 11. The van der Waals surface area contributed by atoms with Crippen molar-refractivity contribution in [2.75, 3.05) is 74.4 Å². The van der Waals surface area contributed by atoms with Crippen LogP contribution >= 0.6 is 0 Å². The number of rotatable bonds is 27. The van der Waals surface area contributed by atoms with E-state index in [4.69, 9.17) is 33.9 Å². The van der Waals surface area contributed by atoms with Crippen LogP contribution in [0.2, 0.25) is 0 Å². The van der Waals surface area contributed by atoms with Gasteiger partial charge in [0.05, 0.1) is 94.1 Å². The number of nitrogens with one attached hydrogen (secondary N) is 5. The third-order valence-electron chi connectivity index (χ3n) is 26.7. The molecule has 0 saturated carbocycles. The molecule has 7 amide bonds. The van der Waals surface area contributed by atoms with Gasteiger partial charge in [0.15, 0.2) is 0 Å². The van der Waals surface area contributed by atoms with Gasteiger partial charge in [-0.05, 0) is 214 Å². The van der Waals surface area contributed by atoms with E-state index in [0.29, 0.717) is 104 Å². The summed E-state index contributed by atoms with van der Waals surface area (Å²) in [6.07, 6.45) is 11.1. The van der Waals surface area contributed by atoms with Crippen molar-refractivity contribution in [3.8, 4) is 23.0 Å². The summed E-state index contributed by atoms with van der Waals surface area (Å²) < 4.78 is 37.6. The monoisotopic (exact) mass is 1760 g/mol. The molecule has 129 heavy (non-hydrogen) atoms. The van der Waals surface area contributed by atoms with Crippen LogP contribution in [0.4, 0.5) is 0 Å². The number of carbonyl (C=O) groups is 7. The highest BCUT2D eigenvalue weighted by atomic mass is 16.5. The molecule has 18 rings (SSSR count). The summed E-state index contributed by atoms with van der Waals surface area (Å²) >= 11 is 0. The Balaban J connectivity index is 0.000000142. The zero-order valence-corrected chi connectivity index (χ0v) is 74.5. The zero-order valence-electron chi connectivity index (χ0n) is 74.5. The maximum absolute atomic E-state index is 14.0. The van der Waals surface area contributed by atoms with E-state index < -0.39 is 24.2 Å². The van der Waals surface area contributed by atoms with Crippen molar-refractivity contribution >= 4 is 74.5 Å². The van der Waals surface area contributed by atoms with Gasteiger partial charge in [-0.15, -0.1) is 15.3 Å². The molecule has 2 bridgehead atoms. The molecule has 0 radical (unpaired) electrons. The Bertz CT molecular complexity index is 5790. The Morgan fingerprint density at radius 2 is 0.907 bits per heavy atom. The quantitative estimate of drug-likeness (QED) is 0.0303. The van der Waals surface area contributed by atoms with E-state index in [1.807, 2.05) is 180 Å². The van der Waals surface area contributed by atoms with Crippen LogP contribution in [-0.4, -0.2) is 239 Å². The molecule has 7 saturated heterocycles. The Hall–Kier alpha value is -12.8. The minimum Gasteiger partial charge on any atom is -0.497 e. The first kappa shape index (κ1) is 89.6. The highest BCUT2D eigenvalue weighted by Gasteiger charge is 2.48. The van der Waals surface area contributed by atoms with Gasteiger partial charge in [-0.25, -0.2) is 14.0 Å². The minimum absolute atomic E-state index is 0.0252. The molecule has 34 nitrogen and oxygen atoms in total. The molecule has 34 heteroatoms. The standard InChI is InChI=1S/C32H41N7O5.C32H37N7O4.C31H37N7O4/c1-37-28-11-5-21(14-27(28)35-36-37)16-34-31(41)29-15-22(13-20-3-8-25(43-2)9-4-20)17-38(29)32(42)26(33)10-12-30(40)39-23-6-7-24(39)19-44-18-23;1-38-28-9-6-21(13-26(28)36-37-38)16-35-31(40)29-14-22(12-20-4-7-24(42-2)8-5-20)19-39(29)32(41)27-15-23(17-34-27)25-18-33-11-10-30(25)43-3;1-18-29(19(2)42-35-18)23-14-26(32-16-23)31(40)38-17-22(11-20-5-8-24(41-4)9-6-20)13-28(38)30(39)33-15-21-7-10-27-25(12-21)34-36-37(27)3/h3-5,8-9,11,14,22-24,26,29H,6-7,10,12-13,15-19,33H2,1-2H3,(H,34,41);4-11,13,18,22-23,27,29,34H,12,14-17,19H2,1-3H3,(H,35,40);5-10,12,22-23,26,28,32H,11,13-17H2,1-4H3,(H,33,39). The van der Waals surface area contributed by atoms with E-state index in [0.717, 1.165) is 138 Å². The molecular formula is C95H115N21O13. The Labute approximate surface area is 748 Å². The average molecular weight is 1760 g/mol. The van der Waals surface area contributed by atoms with Gasteiger partial charge >= 0.3 is 0 Å². The number of pyridine rings is 1. The molecule has 0 spiro atoms. The second-order valence-corrected chi connectivity index (χ2v) is 35.3. The van der Waals surface area contributed by atoms with Crippen LogP contribution in [0.5, 0.6) is 23.0 Å². The lowest BCUT2D eigenvalue weighted by Gasteiger charge is -2.35. The van der Waals surface area contributed by atoms with Gasteiger partial charge in [-0.2, -0.15) is 0 Å². The van der Waals surface area contributed by atoms with Crippen LogP contribution in [0.3, 0.4) is 0 Å². The molecule has 7 aliphatic rings. The smallest absolute Gasteiger partial charge is 0.243 e. The van der Waals surface area contributed by atoms with Crippen molar-refractivity contribution in [3.63, 3.8) is 0 Å². The lowest BCUT2D eigenvalue weighted by Crippen LogP contribution is -2.52. The summed E-state index contributed by atoms with van der Waals surface area (Å²) in [5.41, 5.74) is 20.6. The first-order chi connectivity index (χ1) is 62.5. The van der Waals surface area contributed by atoms with E-state index in [-0.39, 0.29) is 108 Å². The molecule has 7 aliphatic heterocycles. The molecule has 12 heterocycles. The lowest BCUT2D eigenvalue weighted by molar-refractivity contribution is -0.142. The largest absolute Gasteiger partial charge is 0.497 e. The second-order valence-electron chi connectivity index (χ2n) is 35.3. The van der Waals surface area contributed by atoms with Crippen molar-refractivity contribution in [2.45, 2.75) is 171 Å². The fraction of sp³-hybridized carbons (Fsp3) is 0.463. The number of amides is 7. The number of hydrogen-bond acceptors (Lipinski definition) is 24. The molecule has 5 aromatic heterocycles. The summed E-state index contributed by atoms with van der Waals surface area (Å²) in [6, 6.07) is 40.0. The fourth-order valence-electron chi connectivity index (χ4n) is 19.9. The third kappa shape index (κ3) is 20.5. The van der Waals surface area contributed by atoms with E-state index >= 15 is 0 Å². The van der Waals surface area contributed by atoms with Gasteiger partial charge in [0.2, 0.25) is 41.4 Å². The third-order valence-corrected chi connectivity index (χ3v) is 26.7. The number of carbonyl (C=O) groups excluding carboxylic acids is 7. The average Bonchev–Trinajstić information content (AvgIpc) is 1.64. The summed E-state index contributed by atoms with van der Waals surface area (Å²) in [6.45, 7) is 8.77. The molecule has 6 aromatic carbocycles. The van der Waals surface area contributed by atoms with Crippen molar-refractivity contribution < 1.29 is 61.8 Å². The van der Waals surface area contributed by atoms with Crippen LogP contribution in [0, 0.1) is 31.6 Å². The molecular weight excluding hydrogens is 1640 g/mol. The van der Waals surface area contributed by atoms with Gasteiger partial charge < -0.3 is 80.1 Å². The van der Waals surface area contributed by atoms with E-state index in [1.165, 1.54) is 0 Å². The van der Waals surface area contributed by atoms with Gasteiger partial charge in [0.1, 0.15) is 63.4 Å². The zero-order chi connectivity index (χ0) is 90.1. The number of methoxy groups -OCH3 is 4. The van der Waals surface area contributed by atoms with Gasteiger partial charge in [0.25, 0.3) is 0 Å². The second kappa shape index (κ2) is 40.3. The Morgan fingerprint density at radius 1 is 0.504 bits per heavy atom. The number of aryl methyl sites for hydroxylation is 5. The first-order valence-corrected chi connectivity index (χ1v) is 44.5. The van der Waals surface area contributed by atoms with Crippen LogP contribution in [0.25, 0.3) is 33.1 Å². The molecule has 13 atom stereocenters. The first-order valence-electron chi connectivity index (χ1n) is 44.5. The number of nitrogens with two attached hydrogens (primary N) is 1. The normalized spacial score (nSPS) is 22.5. The number of hydrogen-bond donors (Lipinski definition) is 6. The van der Waals surface area contributed by atoms with Crippen LogP contribution < -0.4 is 51.3 Å². The SMILES string of the molecule is COc1ccc(CC2CC(C(=O)NCc3ccc4c(c3)nnn4C)N(C(=O)C(N)CCC(=O)N3C4CCC3COC4)C2)cc1.COc1ccc(CC2CC(C(=O)NCc3ccc4c(c3)nnn4C)N(C(=O)C3CC(c4c(C)noc4C)CN3)C2)cc1.COc1ccc(CC2CC(C(=O)NCc3ccc4c(c3)nnn4C)N(C(=O)C3CC(c4cnccc4OC)CN3)C2)cc1. The fourth-order valence-corrected chi connectivity index (χ4v) is 19.9. The molecule has 7 fully saturated rings. The summed E-state index contributed by atoms with van der Waals surface area (Å²) in [7, 11) is 12.1. The predicted molar refractivity (Wildman–Crippen MR) is 479 cm³/mol. The number of likely N-dealkylation sites (tertiary alicyclic amines) is 3. The van der Waals surface area contributed by atoms with Crippen molar-refractivity contribution in [1.29, 1.82) is 0 Å². The summed E-state index contributed by atoms with van der Waals surface area (Å²) in [5, 5.41) is 44.8. The molecule has 0 aliphatic carbocycles. The molecule has 7 N–H and O–H groups in total. The number of fused-ring (bicyclic) bond motifs is 5. The van der Waals surface area contributed by atoms with E-state index in [2.05, 4.69) is 67.7 Å². The summed E-state index contributed by atoms with van der Waals surface area (Å²) in [5.74, 6) is 3.75. The van der Waals surface area contributed by atoms with Gasteiger partial charge in [-0.1, -0.05) is 75.4 Å². The number of benzene rings is 6.